The Morgan fingerprint density at radius 1 is 1.47 bits per heavy atom. The minimum Gasteiger partial charge on any atom is -0.393 e. The van der Waals surface area contributed by atoms with Crippen molar-refractivity contribution in [2.45, 2.75) is 44.6 Å². The number of hydrogen-bond acceptors (Lipinski definition) is 2. The van der Waals surface area contributed by atoms with E-state index in [2.05, 4.69) is 11.4 Å². The molecular formula is C12H19NO2. The summed E-state index contributed by atoms with van der Waals surface area (Å²) < 4.78 is 0. The standard InChI is InChI=1S/C12H19NO2/c14-11-6-10(7-11)12(15)13-8-9-4-2-1-3-5-9/h4,10-11,14H,1-3,5-8H2,(H,13,15). The lowest BCUT2D eigenvalue weighted by Gasteiger charge is -2.30. The van der Waals surface area contributed by atoms with Gasteiger partial charge >= 0.3 is 0 Å². The molecule has 0 bridgehead atoms. The largest absolute Gasteiger partial charge is 0.393 e. The summed E-state index contributed by atoms with van der Waals surface area (Å²) in [5.41, 5.74) is 1.37. The molecule has 1 saturated carbocycles. The smallest absolute Gasteiger partial charge is 0.223 e. The summed E-state index contributed by atoms with van der Waals surface area (Å²) in [6.45, 7) is 0.714. The van der Waals surface area contributed by atoms with E-state index in [0.717, 1.165) is 12.8 Å². The van der Waals surface area contributed by atoms with E-state index in [1.165, 1.54) is 18.4 Å². The molecule has 3 heteroatoms. The first-order valence-electron chi connectivity index (χ1n) is 5.89. The van der Waals surface area contributed by atoms with Gasteiger partial charge in [0.2, 0.25) is 5.91 Å². The first-order chi connectivity index (χ1) is 7.25. The van der Waals surface area contributed by atoms with Crippen molar-refractivity contribution in [1.29, 1.82) is 0 Å². The van der Waals surface area contributed by atoms with Gasteiger partial charge in [-0.2, -0.15) is 0 Å². The molecule has 0 aromatic rings. The number of hydrogen-bond donors (Lipinski definition) is 2. The molecule has 0 aromatic carbocycles. The molecule has 0 aromatic heterocycles. The number of aliphatic hydroxyl groups excluding tert-OH is 1. The maximum absolute atomic E-state index is 11.6. The van der Waals surface area contributed by atoms with Crippen molar-refractivity contribution in [3.05, 3.63) is 11.6 Å². The van der Waals surface area contributed by atoms with Gasteiger partial charge in [-0.15, -0.1) is 0 Å². The lowest BCUT2D eigenvalue weighted by molar-refractivity contribution is -0.131. The summed E-state index contributed by atoms with van der Waals surface area (Å²) in [6.07, 6.45) is 8.13. The second-order valence-electron chi connectivity index (χ2n) is 4.65. The monoisotopic (exact) mass is 209 g/mol. The summed E-state index contributed by atoms with van der Waals surface area (Å²) in [7, 11) is 0. The molecule has 2 rings (SSSR count). The van der Waals surface area contributed by atoms with E-state index < -0.39 is 0 Å². The van der Waals surface area contributed by atoms with Crippen molar-refractivity contribution in [3.8, 4) is 0 Å². The van der Waals surface area contributed by atoms with Crippen molar-refractivity contribution in [1.82, 2.24) is 5.32 Å². The molecule has 3 nitrogen and oxygen atoms in total. The Balaban J connectivity index is 1.69. The third-order valence-corrected chi connectivity index (χ3v) is 3.36. The van der Waals surface area contributed by atoms with E-state index in [1.54, 1.807) is 0 Å². The number of allylic oxidation sites excluding steroid dienone is 1. The highest BCUT2D eigenvalue weighted by Crippen LogP contribution is 2.27. The first-order valence-corrected chi connectivity index (χ1v) is 5.89. The fourth-order valence-electron chi connectivity index (χ4n) is 2.21. The fraction of sp³-hybridized carbons (Fsp3) is 0.750. The van der Waals surface area contributed by atoms with Crippen molar-refractivity contribution in [2.24, 2.45) is 5.92 Å². The van der Waals surface area contributed by atoms with Crippen molar-refractivity contribution < 1.29 is 9.90 Å². The molecule has 15 heavy (non-hydrogen) atoms. The minimum absolute atomic E-state index is 0.0594. The van der Waals surface area contributed by atoms with Gasteiger partial charge in [-0.1, -0.05) is 11.6 Å². The molecule has 0 saturated heterocycles. The number of nitrogens with one attached hydrogen (secondary N) is 1. The van der Waals surface area contributed by atoms with E-state index >= 15 is 0 Å². The van der Waals surface area contributed by atoms with Crippen LogP contribution >= 0.6 is 0 Å². The maximum Gasteiger partial charge on any atom is 0.223 e. The van der Waals surface area contributed by atoms with Crippen LogP contribution in [-0.2, 0) is 4.79 Å². The van der Waals surface area contributed by atoms with Crippen LogP contribution in [0.5, 0.6) is 0 Å². The number of carbonyl (C=O) groups excluding carboxylic acids is 1. The lowest BCUT2D eigenvalue weighted by Crippen LogP contribution is -2.41. The zero-order chi connectivity index (χ0) is 10.7. The fourth-order valence-corrected chi connectivity index (χ4v) is 2.21. The Morgan fingerprint density at radius 2 is 2.27 bits per heavy atom. The van der Waals surface area contributed by atoms with Crippen LogP contribution in [0.25, 0.3) is 0 Å². The van der Waals surface area contributed by atoms with E-state index in [-0.39, 0.29) is 17.9 Å². The number of amides is 1. The molecule has 2 aliphatic rings. The van der Waals surface area contributed by atoms with E-state index in [9.17, 15) is 4.79 Å². The molecule has 0 unspecified atom stereocenters. The zero-order valence-electron chi connectivity index (χ0n) is 9.04. The Morgan fingerprint density at radius 3 is 2.87 bits per heavy atom. The van der Waals surface area contributed by atoms with Gasteiger partial charge in [-0.05, 0) is 38.5 Å². The van der Waals surface area contributed by atoms with Crippen molar-refractivity contribution >= 4 is 5.91 Å². The van der Waals surface area contributed by atoms with Crippen molar-refractivity contribution in [3.63, 3.8) is 0 Å². The molecule has 1 fully saturated rings. The average Bonchev–Trinajstić information content (AvgIpc) is 2.23. The number of carbonyl (C=O) groups is 1. The molecule has 84 valence electrons. The van der Waals surface area contributed by atoms with Crippen LogP contribution in [0.15, 0.2) is 11.6 Å². The normalized spacial score (nSPS) is 30.3. The third kappa shape index (κ3) is 2.81. The molecule has 0 radical (unpaired) electrons. The van der Waals surface area contributed by atoms with Gasteiger partial charge in [-0.25, -0.2) is 0 Å². The predicted molar refractivity (Wildman–Crippen MR) is 58.3 cm³/mol. The Labute approximate surface area is 90.6 Å². The third-order valence-electron chi connectivity index (χ3n) is 3.36. The maximum atomic E-state index is 11.6. The van der Waals surface area contributed by atoms with Gasteiger partial charge in [0.25, 0.3) is 0 Å². The number of rotatable bonds is 3. The van der Waals surface area contributed by atoms with Crippen LogP contribution in [0.1, 0.15) is 38.5 Å². The molecular weight excluding hydrogens is 190 g/mol. The summed E-state index contributed by atoms with van der Waals surface area (Å²) in [5, 5.41) is 12.0. The van der Waals surface area contributed by atoms with E-state index in [0.29, 0.717) is 19.4 Å². The SMILES string of the molecule is O=C(NCC1=CCCCC1)C1CC(O)C1. The Bertz CT molecular complexity index is 267. The predicted octanol–water partition coefficient (Wildman–Crippen LogP) is 1.37. The molecule has 0 spiro atoms. The molecule has 2 aliphatic carbocycles. The van der Waals surface area contributed by atoms with Crippen molar-refractivity contribution in [2.75, 3.05) is 6.54 Å². The highest BCUT2D eigenvalue weighted by molar-refractivity contribution is 5.79. The van der Waals surface area contributed by atoms with Crippen LogP contribution in [-0.4, -0.2) is 23.7 Å². The highest BCUT2D eigenvalue weighted by atomic mass is 16.3. The Hall–Kier alpha value is -0.830. The van der Waals surface area contributed by atoms with Gasteiger partial charge in [-0.3, -0.25) is 4.79 Å². The molecule has 0 atom stereocenters. The van der Waals surface area contributed by atoms with Gasteiger partial charge in [0.05, 0.1) is 6.10 Å². The van der Waals surface area contributed by atoms with E-state index in [4.69, 9.17) is 5.11 Å². The van der Waals surface area contributed by atoms with Gasteiger partial charge in [0, 0.05) is 12.5 Å². The molecule has 0 aliphatic heterocycles. The zero-order valence-corrected chi connectivity index (χ0v) is 9.04. The highest BCUT2D eigenvalue weighted by Gasteiger charge is 2.32. The van der Waals surface area contributed by atoms with Gasteiger partial charge in [0.15, 0.2) is 0 Å². The van der Waals surface area contributed by atoms with E-state index in [1.807, 2.05) is 0 Å². The second-order valence-corrected chi connectivity index (χ2v) is 4.65. The number of aliphatic hydroxyl groups is 1. The molecule has 0 heterocycles. The van der Waals surface area contributed by atoms with Crippen LogP contribution in [0.4, 0.5) is 0 Å². The van der Waals surface area contributed by atoms with Crippen LogP contribution < -0.4 is 5.32 Å². The summed E-state index contributed by atoms with van der Waals surface area (Å²) >= 11 is 0. The second kappa shape index (κ2) is 4.79. The first kappa shape index (κ1) is 10.7. The minimum atomic E-state index is -0.241. The average molecular weight is 209 g/mol. The quantitative estimate of drug-likeness (QED) is 0.690. The molecule has 2 N–H and O–H groups in total. The van der Waals surface area contributed by atoms with Crippen LogP contribution in [0, 0.1) is 5.92 Å². The van der Waals surface area contributed by atoms with Gasteiger partial charge in [0.1, 0.15) is 0 Å². The van der Waals surface area contributed by atoms with Gasteiger partial charge < -0.3 is 10.4 Å². The lowest BCUT2D eigenvalue weighted by atomic mass is 9.82. The Kier molecular flexibility index (Phi) is 3.41. The van der Waals surface area contributed by atoms with Crippen LogP contribution in [0.3, 0.4) is 0 Å². The summed E-state index contributed by atoms with van der Waals surface area (Å²) in [6, 6.07) is 0. The summed E-state index contributed by atoms with van der Waals surface area (Å²) in [5.74, 6) is 0.177. The van der Waals surface area contributed by atoms with Crippen LogP contribution in [0.2, 0.25) is 0 Å². The molecule has 1 amide bonds. The topological polar surface area (TPSA) is 49.3 Å². The summed E-state index contributed by atoms with van der Waals surface area (Å²) in [4.78, 5) is 11.6.